The lowest BCUT2D eigenvalue weighted by Gasteiger charge is -2.16. The lowest BCUT2D eigenvalue weighted by molar-refractivity contribution is -0.121. The zero-order valence-electron chi connectivity index (χ0n) is 13.1. The molecule has 23 heavy (non-hydrogen) atoms. The normalized spacial score (nSPS) is 15.7. The van der Waals surface area contributed by atoms with Gasteiger partial charge in [0.25, 0.3) is 0 Å². The van der Waals surface area contributed by atoms with Crippen molar-refractivity contribution < 1.29 is 14.0 Å². The largest absolute Gasteiger partial charge is 0.467 e. The van der Waals surface area contributed by atoms with Crippen LogP contribution in [0, 0.1) is 0 Å². The Morgan fingerprint density at radius 3 is 2.70 bits per heavy atom. The molecular formula is C18H20N2O3. The van der Waals surface area contributed by atoms with Crippen molar-refractivity contribution in [3.63, 3.8) is 0 Å². The van der Waals surface area contributed by atoms with Gasteiger partial charge in [0.2, 0.25) is 11.8 Å². The maximum atomic E-state index is 12.1. The number of carbonyl (C=O) groups excluding carboxylic acids is 2. The average Bonchev–Trinajstić information content (AvgIpc) is 3.19. The molecule has 1 aromatic carbocycles. The van der Waals surface area contributed by atoms with Gasteiger partial charge in [0.15, 0.2) is 0 Å². The summed E-state index contributed by atoms with van der Waals surface area (Å²) in [7, 11) is 0. The molecule has 1 N–H and O–H groups in total. The van der Waals surface area contributed by atoms with Crippen molar-refractivity contribution in [2.24, 2.45) is 0 Å². The molecule has 1 atom stereocenters. The van der Waals surface area contributed by atoms with Crippen LogP contribution in [0.15, 0.2) is 47.1 Å². The predicted octanol–water partition coefficient (Wildman–Crippen LogP) is 2.83. The smallest absolute Gasteiger partial charge is 0.227 e. The van der Waals surface area contributed by atoms with E-state index in [1.165, 1.54) is 0 Å². The van der Waals surface area contributed by atoms with E-state index in [0.717, 1.165) is 30.0 Å². The van der Waals surface area contributed by atoms with Gasteiger partial charge in [0.1, 0.15) is 5.76 Å². The minimum Gasteiger partial charge on any atom is -0.467 e. The average molecular weight is 312 g/mol. The summed E-state index contributed by atoms with van der Waals surface area (Å²) < 4.78 is 5.28. The van der Waals surface area contributed by atoms with Gasteiger partial charge in [-0.2, -0.15) is 0 Å². The Balaban J connectivity index is 1.57. The Morgan fingerprint density at radius 1 is 1.30 bits per heavy atom. The number of benzene rings is 1. The van der Waals surface area contributed by atoms with Crippen LogP contribution < -0.4 is 10.2 Å². The molecule has 1 aromatic heterocycles. The zero-order valence-corrected chi connectivity index (χ0v) is 13.1. The van der Waals surface area contributed by atoms with E-state index in [2.05, 4.69) is 5.32 Å². The number of nitrogens with zero attached hydrogens (tertiary/aromatic N) is 1. The zero-order chi connectivity index (χ0) is 16.2. The third kappa shape index (κ3) is 3.62. The monoisotopic (exact) mass is 312 g/mol. The molecule has 2 amide bonds. The van der Waals surface area contributed by atoms with Gasteiger partial charge in [-0.15, -0.1) is 0 Å². The third-order valence-electron chi connectivity index (χ3n) is 4.03. The molecule has 1 aliphatic heterocycles. The van der Waals surface area contributed by atoms with Crippen LogP contribution in [0.3, 0.4) is 0 Å². The van der Waals surface area contributed by atoms with Gasteiger partial charge in [-0.25, -0.2) is 0 Å². The number of nitrogens with one attached hydrogen (secondary N) is 1. The Morgan fingerprint density at radius 2 is 2.09 bits per heavy atom. The van der Waals surface area contributed by atoms with Crippen LogP contribution in [0.25, 0.3) is 0 Å². The van der Waals surface area contributed by atoms with E-state index in [1.807, 2.05) is 37.3 Å². The van der Waals surface area contributed by atoms with Gasteiger partial charge in [0, 0.05) is 18.7 Å². The number of furan rings is 1. The fraction of sp³-hybridized carbons (Fsp3) is 0.333. The molecule has 3 rings (SSSR count). The molecule has 1 aliphatic rings. The summed E-state index contributed by atoms with van der Waals surface area (Å²) in [4.78, 5) is 25.6. The highest BCUT2D eigenvalue weighted by Crippen LogP contribution is 2.21. The third-order valence-corrected chi connectivity index (χ3v) is 4.03. The molecule has 0 radical (unpaired) electrons. The Kier molecular flexibility index (Phi) is 4.46. The van der Waals surface area contributed by atoms with Gasteiger partial charge in [-0.05, 0) is 43.2 Å². The summed E-state index contributed by atoms with van der Waals surface area (Å²) in [5, 5.41) is 2.91. The molecule has 5 nitrogen and oxygen atoms in total. The van der Waals surface area contributed by atoms with E-state index >= 15 is 0 Å². The first-order valence-electron chi connectivity index (χ1n) is 7.85. The van der Waals surface area contributed by atoms with Gasteiger partial charge < -0.3 is 14.6 Å². The SMILES string of the molecule is C[C@H](NC(=O)Cc1ccc(N2CCCC2=O)cc1)c1ccco1. The minimum atomic E-state index is -0.154. The molecule has 0 unspecified atom stereocenters. The molecule has 0 spiro atoms. The highest BCUT2D eigenvalue weighted by atomic mass is 16.3. The number of carbonyl (C=O) groups is 2. The summed E-state index contributed by atoms with van der Waals surface area (Å²) in [6, 6.07) is 11.1. The first kappa shape index (κ1) is 15.3. The van der Waals surface area contributed by atoms with E-state index in [4.69, 9.17) is 4.42 Å². The van der Waals surface area contributed by atoms with Crippen molar-refractivity contribution in [3.05, 3.63) is 54.0 Å². The summed E-state index contributed by atoms with van der Waals surface area (Å²) in [6.45, 7) is 2.66. The summed E-state index contributed by atoms with van der Waals surface area (Å²) in [5.74, 6) is 0.850. The summed E-state index contributed by atoms with van der Waals surface area (Å²) in [5.41, 5.74) is 1.82. The first-order valence-corrected chi connectivity index (χ1v) is 7.85. The number of anilines is 1. The molecule has 0 aliphatic carbocycles. The Bertz CT molecular complexity index is 677. The number of amides is 2. The number of hydrogen-bond donors (Lipinski definition) is 1. The quantitative estimate of drug-likeness (QED) is 0.923. The molecule has 2 aromatic rings. The molecule has 0 saturated carbocycles. The Hall–Kier alpha value is -2.56. The summed E-state index contributed by atoms with van der Waals surface area (Å²) in [6.07, 6.45) is 3.43. The van der Waals surface area contributed by atoms with E-state index in [9.17, 15) is 9.59 Å². The van der Waals surface area contributed by atoms with Gasteiger partial charge in [-0.1, -0.05) is 12.1 Å². The molecule has 1 saturated heterocycles. The topological polar surface area (TPSA) is 62.6 Å². The molecule has 120 valence electrons. The van der Waals surface area contributed by atoms with Crippen molar-refractivity contribution in [1.82, 2.24) is 5.32 Å². The highest BCUT2D eigenvalue weighted by Gasteiger charge is 2.21. The molecule has 5 heteroatoms. The van der Waals surface area contributed by atoms with Crippen LogP contribution in [0.5, 0.6) is 0 Å². The van der Waals surface area contributed by atoms with E-state index < -0.39 is 0 Å². The maximum absolute atomic E-state index is 12.1. The van der Waals surface area contributed by atoms with Crippen molar-refractivity contribution >= 4 is 17.5 Å². The fourth-order valence-corrected chi connectivity index (χ4v) is 2.80. The fourth-order valence-electron chi connectivity index (χ4n) is 2.80. The molecule has 2 heterocycles. The lowest BCUT2D eigenvalue weighted by atomic mass is 10.1. The summed E-state index contributed by atoms with van der Waals surface area (Å²) >= 11 is 0. The van der Waals surface area contributed by atoms with Crippen LogP contribution in [-0.4, -0.2) is 18.4 Å². The van der Waals surface area contributed by atoms with Crippen molar-refractivity contribution in [1.29, 1.82) is 0 Å². The Labute approximate surface area is 135 Å². The van der Waals surface area contributed by atoms with Crippen LogP contribution in [0.1, 0.15) is 37.1 Å². The number of hydrogen-bond acceptors (Lipinski definition) is 3. The lowest BCUT2D eigenvalue weighted by Crippen LogP contribution is -2.28. The molecule has 1 fully saturated rings. The standard InChI is InChI=1S/C18H20N2O3/c1-13(16-4-3-11-23-16)19-17(21)12-14-6-8-15(9-7-14)20-10-2-5-18(20)22/h3-4,6-9,11,13H,2,5,10,12H2,1H3,(H,19,21)/t13-/m0/s1. The second kappa shape index (κ2) is 6.69. The van der Waals surface area contributed by atoms with E-state index in [0.29, 0.717) is 12.8 Å². The van der Waals surface area contributed by atoms with Crippen molar-refractivity contribution in [2.75, 3.05) is 11.4 Å². The second-order valence-electron chi connectivity index (χ2n) is 5.80. The van der Waals surface area contributed by atoms with Crippen LogP contribution in [0.4, 0.5) is 5.69 Å². The van der Waals surface area contributed by atoms with Crippen LogP contribution in [-0.2, 0) is 16.0 Å². The maximum Gasteiger partial charge on any atom is 0.227 e. The van der Waals surface area contributed by atoms with E-state index in [-0.39, 0.29) is 17.9 Å². The van der Waals surface area contributed by atoms with Crippen molar-refractivity contribution in [2.45, 2.75) is 32.2 Å². The second-order valence-corrected chi connectivity index (χ2v) is 5.80. The predicted molar refractivity (Wildman–Crippen MR) is 87.0 cm³/mol. The van der Waals surface area contributed by atoms with Gasteiger partial charge in [0.05, 0.1) is 18.7 Å². The minimum absolute atomic E-state index is 0.0566. The van der Waals surface area contributed by atoms with Gasteiger partial charge >= 0.3 is 0 Å². The first-order chi connectivity index (χ1) is 11.1. The van der Waals surface area contributed by atoms with Gasteiger partial charge in [-0.3, -0.25) is 9.59 Å². The van der Waals surface area contributed by atoms with Crippen LogP contribution >= 0.6 is 0 Å². The van der Waals surface area contributed by atoms with E-state index in [1.54, 1.807) is 17.2 Å². The molecule has 0 bridgehead atoms. The number of rotatable bonds is 5. The molecular weight excluding hydrogens is 292 g/mol. The highest BCUT2D eigenvalue weighted by molar-refractivity contribution is 5.95. The van der Waals surface area contributed by atoms with Crippen molar-refractivity contribution in [3.8, 4) is 0 Å². The van der Waals surface area contributed by atoms with Crippen LogP contribution in [0.2, 0.25) is 0 Å².